The van der Waals surface area contributed by atoms with E-state index in [2.05, 4.69) is 11.8 Å². The summed E-state index contributed by atoms with van der Waals surface area (Å²) in [5.74, 6) is 0. The Balaban J connectivity index is 2.14. The lowest BCUT2D eigenvalue weighted by Crippen LogP contribution is -2.42. The van der Waals surface area contributed by atoms with E-state index in [-0.39, 0.29) is 6.10 Å². The number of morpholine rings is 1. The van der Waals surface area contributed by atoms with E-state index in [0.29, 0.717) is 6.10 Å². The lowest BCUT2D eigenvalue weighted by Gasteiger charge is -2.31. The molecule has 0 spiro atoms. The summed E-state index contributed by atoms with van der Waals surface area (Å²) in [7, 11) is 0. The Morgan fingerprint density at radius 3 is 3.00 bits per heavy atom. The van der Waals surface area contributed by atoms with Crippen molar-refractivity contribution in [2.45, 2.75) is 32.5 Å². The van der Waals surface area contributed by atoms with Crippen LogP contribution in [0.1, 0.15) is 20.3 Å². The van der Waals surface area contributed by atoms with Gasteiger partial charge in [0.25, 0.3) is 0 Å². The lowest BCUT2D eigenvalue weighted by atomic mass is 10.2. The SMILES string of the molecule is CC(O)CCN1CCOC(C)C1. The van der Waals surface area contributed by atoms with Gasteiger partial charge in [0.2, 0.25) is 0 Å². The fourth-order valence-electron chi connectivity index (χ4n) is 1.46. The smallest absolute Gasteiger partial charge is 0.0674 e. The highest BCUT2D eigenvalue weighted by Crippen LogP contribution is 2.05. The van der Waals surface area contributed by atoms with Crippen molar-refractivity contribution in [2.75, 3.05) is 26.2 Å². The minimum Gasteiger partial charge on any atom is -0.393 e. The van der Waals surface area contributed by atoms with Crippen molar-refractivity contribution in [2.24, 2.45) is 0 Å². The van der Waals surface area contributed by atoms with Crippen molar-refractivity contribution < 1.29 is 9.84 Å². The maximum atomic E-state index is 9.09. The maximum absolute atomic E-state index is 9.09. The second kappa shape index (κ2) is 4.80. The van der Waals surface area contributed by atoms with Crippen molar-refractivity contribution >= 4 is 0 Å². The number of ether oxygens (including phenoxy) is 1. The van der Waals surface area contributed by atoms with Crippen LogP contribution in [-0.4, -0.2) is 48.5 Å². The molecule has 72 valence electrons. The molecule has 0 aliphatic carbocycles. The van der Waals surface area contributed by atoms with Crippen LogP contribution in [0.5, 0.6) is 0 Å². The number of hydrogen-bond acceptors (Lipinski definition) is 3. The summed E-state index contributed by atoms with van der Waals surface area (Å²) < 4.78 is 5.41. The molecule has 0 saturated carbocycles. The molecule has 1 fully saturated rings. The molecule has 3 nitrogen and oxygen atoms in total. The van der Waals surface area contributed by atoms with Gasteiger partial charge in [0.05, 0.1) is 18.8 Å². The monoisotopic (exact) mass is 173 g/mol. The molecule has 1 heterocycles. The van der Waals surface area contributed by atoms with Gasteiger partial charge in [0, 0.05) is 19.6 Å². The van der Waals surface area contributed by atoms with Crippen LogP contribution in [0.4, 0.5) is 0 Å². The summed E-state index contributed by atoms with van der Waals surface area (Å²) in [6.07, 6.45) is 1.04. The molecule has 0 bridgehead atoms. The van der Waals surface area contributed by atoms with Gasteiger partial charge in [-0.3, -0.25) is 4.90 Å². The Bertz CT molecular complexity index is 128. The van der Waals surface area contributed by atoms with E-state index in [4.69, 9.17) is 9.84 Å². The number of aliphatic hydroxyl groups is 1. The van der Waals surface area contributed by atoms with Gasteiger partial charge in [-0.25, -0.2) is 0 Å². The van der Waals surface area contributed by atoms with Crippen molar-refractivity contribution in [3.05, 3.63) is 0 Å². The third kappa shape index (κ3) is 3.52. The molecule has 1 N–H and O–H groups in total. The first-order chi connectivity index (χ1) is 5.68. The first kappa shape index (κ1) is 9.96. The number of rotatable bonds is 3. The first-order valence-electron chi connectivity index (χ1n) is 4.70. The zero-order valence-electron chi connectivity index (χ0n) is 7.99. The van der Waals surface area contributed by atoms with E-state index in [1.807, 2.05) is 6.92 Å². The van der Waals surface area contributed by atoms with Gasteiger partial charge in [-0.15, -0.1) is 0 Å². The predicted octanol–water partition coefficient (Wildman–Crippen LogP) is 0.478. The maximum Gasteiger partial charge on any atom is 0.0674 e. The van der Waals surface area contributed by atoms with Gasteiger partial charge in [0.15, 0.2) is 0 Å². The molecule has 0 radical (unpaired) electrons. The summed E-state index contributed by atoms with van der Waals surface area (Å²) in [4.78, 5) is 2.35. The standard InChI is InChI=1S/C9H19NO2/c1-8(11)3-4-10-5-6-12-9(2)7-10/h8-9,11H,3-7H2,1-2H3. The molecular formula is C9H19NO2. The highest BCUT2D eigenvalue weighted by atomic mass is 16.5. The fourth-order valence-corrected chi connectivity index (χ4v) is 1.46. The predicted molar refractivity (Wildman–Crippen MR) is 48.2 cm³/mol. The molecule has 1 saturated heterocycles. The zero-order valence-corrected chi connectivity index (χ0v) is 7.99. The Morgan fingerprint density at radius 1 is 1.67 bits per heavy atom. The van der Waals surface area contributed by atoms with Gasteiger partial charge in [-0.05, 0) is 20.3 Å². The van der Waals surface area contributed by atoms with Crippen molar-refractivity contribution in [1.29, 1.82) is 0 Å². The molecule has 0 aromatic carbocycles. The van der Waals surface area contributed by atoms with Crippen LogP contribution in [0.25, 0.3) is 0 Å². The molecule has 1 rings (SSSR count). The van der Waals surface area contributed by atoms with Crippen LogP contribution in [0, 0.1) is 0 Å². The molecule has 0 aromatic rings. The van der Waals surface area contributed by atoms with Gasteiger partial charge < -0.3 is 9.84 Å². The molecular weight excluding hydrogens is 154 g/mol. The summed E-state index contributed by atoms with van der Waals surface area (Å²) >= 11 is 0. The highest BCUT2D eigenvalue weighted by molar-refractivity contribution is 4.68. The Morgan fingerprint density at radius 2 is 2.42 bits per heavy atom. The minimum absolute atomic E-state index is 0.178. The molecule has 0 aromatic heterocycles. The first-order valence-corrected chi connectivity index (χ1v) is 4.70. The van der Waals surface area contributed by atoms with Gasteiger partial charge in [0.1, 0.15) is 0 Å². The second-order valence-corrected chi connectivity index (χ2v) is 3.62. The van der Waals surface area contributed by atoms with Crippen LogP contribution in [-0.2, 0) is 4.74 Å². The molecule has 0 amide bonds. The normalized spacial score (nSPS) is 28.8. The molecule has 1 aliphatic rings. The fraction of sp³-hybridized carbons (Fsp3) is 1.00. The quantitative estimate of drug-likeness (QED) is 0.673. The van der Waals surface area contributed by atoms with E-state index in [9.17, 15) is 0 Å². The third-order valence-corrected chi connectivity index (χ3v) is 2.19. The van der Waals surface area contributed by atoms with Crippen molar-refractivity contribution in [3.8, 4) is 0 Å². The van der Waals surface area contributed by atoms with Gasteiger partial charge >= 0.3 is 0 Å². The van der Waals surface area contributed by atoms with E-state index in [1.54, 1.807) is 0 Å². The number of hydrogen-bond donors (Lipinski definition) is 1. The molecule has 2 atom stereocenters. The van der Waals surface area contributed by atoms with Gasteiger partial charge in [-0.2, -0.15) is 0 Å². The van der Waals surface area contributed by atoms with Gasteiger partial charge in [-0.1, -0.05) is 0 Å². The van der Waals surface area contributed by atoms with Crippen molar-refractivity contribution in [1.82, 2.24) is 4.90 Å². The van der Waals surface area contributed by atoms with Crippen molar-refractivity contribution in [3.63, 3.8) is 0 Å². The lowest BCUT2D eigenvalue weighted by molar-refractivity contribution is -0.0215. The van der Waals surface area contributed by atoms with Crippen LogP contribution in [0.15, 0.2) is 0 Å². The molecule has 3 heteroatoms. The van der Waals surface area contributed by atoms with Crippen LogP contribution in [0.3, 0.4) is 0 Å². The highest BCUT2D eigenvalue weighted by Gasteiger charge is 2.16. The van der Waals surface area contributed by atoms with Crippen LogP contribution in [0.2, 0.25) is 0 Å². The minimum atomic E-state index is -0.178. The van der Waals surface area contributed by atoms with E-state index in [1.165, 1.54) is 0 Å². The Labute approximate surface area is 74.3 Å². The van der Waals surface area contributed by atoms with E-state index < -0.39 is 0 Å². The second-order valence-electron chi connectivity index (χ2n) is 3.62. The summed E-state index contributed by atoms with van der Waals surface area (Å²) in [6, 6.07) is 0. The summed E-state index contributed by atoms with van der Waals surface area (Å²) in [5.41, 5.74) is 0. The number of nitrogens with zero attached hydrogens (tertiary/aromatic N) is 1. The summed E-state index contributed by atoms with van der Waals surface area (Å²) in [5, 5.41) is 9.09. The Kier molecular flexibility index (Phi) is 3.98. The summed E-state index contributed by atoms with van der Waals surface area (Å²) in [6.45, 7) is 7.77. The van der Waals surface area contributed by atoms with Crippen LogP contribution < -0.4 is 0 Å². The average molecular weight is 173 g/mol. The number of aliphatic hydroxyl groups excluding tert-OH is 1. The Hall–Kier alpha value is -0.120. The molecule has 1 aliphatic heterocycles. The largest absolute Gasteiger partial charge is 0.393 e. The van der Waals surface area contributed by atoms with E-state index in [0.717, 1.165) is 32.7 Å². The molecule has 2 unspecified atom stereocenters. The van der Waals surface area contributed by atoms with E-state index >= 15 is 0 Å². The topological polar surface area (TPSA) is 32.7 Å². The average Bonchev–Trinajstić information content (AvgIpc) is 2.01. The van der Waals surface area contributed by atoms with Crippen LogP contribution >= 0.6 is 0 Å². The molecule has 12 heavy (non-hydrogen) atoms. The third-order valence-electron chi connectivity index (χ3n) is 2.19. The zero-order chi connectivity index (χ0) is 8.97.